The number of aryl methyl sites for hydroxylation is 1. The number of aliphatic hydroxyl groups excluding tert-OH is 1. The van der Waals surface area contributed by atoms with Crippen molar-refractivity contribution in [3.05, 3.63) is 12.2 Å². The van der Waals surface area contributed by atoms with Gasteiger partial charge in [-0.2, -0.15) is 5.10 Å². The number of rotatable bonds is 3. The molecule has 0 aliphatic rings. The van der Waals surface area contributed by atoms with E-state index < -0.39 is 12.5 Å². The summed E-state index contributed by atoms with van der Waals surface area (Å²) in [5.74, 6) is 0.350. The SMILES string of the molecule is Cn1ncnc1CC(O)C(F)F. The van der Waals surface area contributed by atoms with Crippen molar-refractivity contribution in [2.45, 2.75) is 19.0 Å². The van der Waals surface area contributed by atoms with E-state index >= 15 is 0 Å². The van der Waals surface area contributed by atoms with Crippen LogP contribution in [0.4, 0.5) is 8.78 Å². The zero-order chi connectivity index (χ0) is 9.14. The van der Waals surface area contributed by atoms with E-state index in [-0.39, 0.29) is 6.42 Å². The van der Waals surface area contributed by atoms with Gasteiger partial charge < -0.3 is 5.11 Å². The van der Waals surface area contributed by atoms with Crippen molar-refractivity contribution >= 4 is 0 Å². The van der Waals surface area contributed by atoms with Crippen LogP contribution < -0.4 is 0 Å². The van der Waals surface area contributed by atoms with E-state index in [0.717, 1.165) is 0 Å². The third-order valence-corrected chi connectivity index (χ3v) is 1.49. The molecule has 0 saturated heterocycles. The molecule has 0 fully saturated rings. The van der Waals surface area contributed by atoms with E-state index in [1.807, 2.05) is 0 Å². The van der Waals surface area contributed by atoms with Gasteiger partial charge in [-0.15, -0.1) is 0 Å². The lowest BCUT2D eigenvalue weighted by Crippen LogP contribution is -2.22. The van der Waals surface area contributed by atoms with Gasteiger partial charge in [0.05, 0.1) is 0 Å². The Kier molecular flexibility index (Phi) is 2.69. The average molecular weight is 177 g/mol. The molecule has 12 heavy (non-hydrogen) atoms. The van der Waals surface area contributed by atoms with Gasteiger partial charge in [0.2, 0.25) is 0 Å². The first-order chi connectivity index (χ1) is 5.61. The van der Waals surface area contributed by atoms with Gasteiger partial charge in [-0.05, 0) is 0 Å². The van der Waals surface area contributed by atoms with E-state index in [2.05, 4.69) is 10.1 Å². The molecular formula is C6H9F2N3O. The highest BCUT2D eigenvalue weighted by molar-refractivity contribution is 4.86. The average Bonchev–Trinajstić information content (AvgIpc) is 2.36. The molecule has 68 valence electrons. The fraction of sp³-hybridized carbons (Fsp3) is 0.667. The number of nitrogens with zero attached hydrogens (tertiary/aromatic N) is 3. The highest BCUT2D eigenvalue weighted by Gasteiger charge is 2.19. The molecule has 0 radical (unpaired) electrons. The number of aromatic nitrogens is 3. The van der Waals surface area contributed by atoms with E-state index in [0.29, 0.717) is 5.82 Å². The van der Waals surface area contributed by atoms with Crippen molar-refractivity contribution in [2.75, 3.05) is 0 Å². The molecular weight excluding hydrogens is 168 g/mol. The van der Waals surface area contributed by atoms with Crippen molar-refractivity contribution in [1.82, 2.24) is 14.8 Å². The second kappa shape index (κ2) is 3.57. The topological polar surface area (TPSA) is 50.9 Å². The summed E-state index contributed by atoms with van der Waals surface area (Å²) >= 11 is 0. The third kappa shape index (κ3) is 1.97. The molecule has 4 nitrogen and oxygen atoms in total. The zero-order valence-electron chi connectivity index (χ0n) is 6.48. The van der Waals surface area contributed by atoms with Crippen LogP contribution in [0.15, 0.2) is 6.33 Å². The number of hydrogen-bond donors (Lipinski definition) is 1. The van der Waals surface area contributed by atoms with Crippen molar-refractivity contribution in [1.29, 1.82) is 0 Å². The van der Waals surface area contributed by atoms with Crippen LogP contribution in [0.25, 0.3) is 0 Å². The minimum atomic E-state index is -2.73. The molecule has 0 spiro atoms. The first-order valence-corrected chi connectivity index (χ1v) is 3.40. The Balaban J connectivity index is 2.58. The minimum absolute atomic E-state index is 0.172. The van der Waals surface area contributed by atoms with E-state index in [1.54, 1.807) is 7.05 Å². The van der Waals surface area contributed by atoms with Gasteiger partial charge in [-0.25, -0.2) is 13.8 Å². The summed E-state index contributed by atoms with van der Waals surface area (Å²) in [5.41, 5.74) is 0. The minimum Gasteiger partial charge on any atom is -0.387 e. The highest BCUT2D eigenvalue weighted by atomic mass is 19.3. The molecule has 6 heteroatoms. The summed E-state index contributed by atoms with van der Waals surface area (Å²) in [6, 6.07) is 0. The number of halogens is 2. The van der Waals surface area contributed by atoms with Gasteiger partial charge >= 0.3 is 0 Å². The Morgan fingerprint density at radius 2 is 2.33 bits per heavy atom. The Labute approximate surface area is 67.8 Å². The van der Waals surface area contributed by atoms with Crippen LogP contribution in [-0.4, -0.2) is 32.4 Å². The second-order valence-corrected chi connectivity index (χ2v) is 2.41. The standard InChI is InChI=1S/C6H9F2N3O/c1-11-5(9-3-10-11)2-4(12)6(7)8/h3-4,6,12H,2H2,1H3. The highest BCUT2D eigenvalue weighted by Crippen LogP contribution is 2.05. The van der Waals surface area contributed by atoms with E-state index in [1.165, 1.54) is 11.0 Å². The number of hydrogen-bond acceptors (Lipinski definition) is 3. The molecule has 1 atom stereocenters. The molecule has 1 aromatic heterocycles. The normalized spacial score (nSPS) is 13.8. The monoisotopic (exact) mass is 177 g/mol. The van der Waals surface area contributed by atoms with Crippen molar-refractivity contribution in [3.63, 3.8) is 0 Å². The largest absolute Gasteiger partial charge is 0.387 e. The summed E-state index contributed by atoms with van der Waals surface area (Å²) in [7, 11) is 1.58. The first-order valence-electron chi connectivity index (χ1n) is 3.40. The number of alkyl halides is 2. The van der Waals surface area contributed by atoms with Crippen molar-refractivity contribution < 1.29 is 13.9 Å². The maximum Gasteiger partial charge on any atom is 0.264 e. The predicted octanol–water partition coefficient (Wildman–Crippen LogP) is -0.0164. The Bertz CT molecular complexity index is 251. The zero-order valence-corrected chi connectivity index (χ0v) is 6.48. The molecule has 0 saturated carbocycles. The molecule has 1 aromatic rings. The summed E-state index contributed by atoms with van der Waals surface area (Å²) in [4.78, 5) is 3.70. The quantitative estimate of drug-likeness (QED) is 0.706. The maximum absolute atomic E-state index is 11.8. The first kappa shape index (κ1) is 9.05. The molecule has 1 unspecified atom stereocenters. The van der Waals surface area contributed by atoms with Crippen LogP contribution in [0.2, 0.25) is 0 Å². The van der Waals surface area contributed by atoms with Crippen LogP contribution in [0, 0.1) is 0 Å². The van der Waals surface area contributed by atoms with Gasteiger partial charge in [0.25, 0.3) is 6.43 Å². The molecule has 0 aliphatic heterocycles. The predicted molar refractivity (Wildman–Crippen MR) is 36.7 cm³/mol. The van der Waals surface area contributed by atoms with Crippen molar-refractivity contribution in [2.24, 2.45) is 7.05 Å². The van der Waals surface area contributed by atoms with Gasteiger partial charge in [0.15, 0.2) is 0 Å². The Morgan fingerprint density at radius 3 is 2.75 bits per heavy atom. The van der Waals surface area contributed by atoms with Gasteiger partial charge in [-0.3, -0.25) is 4.68 Å². The molecule has 0 aliphatic carbocycles. The van der Waals surface area contributed by atoms with Crippen LogP contribution in [-0.2, 0) is 13.5 Å². The Hall–Kier alpha value is -1.04. The summed E-state index contributed by atoms with van der Waals surface area (Å²) in [6.45, 7) is 0. The summed E-state index contributed by atoms with van der Waals surface area (Å²) in [6.07, 6.45) is -3.31. The van der Waals surface area contributed by atoms with Crippen LogP contribution in [0.3, 0.4) is 0 Å². The number of aliphatic hydroxyl groups is 1. The molecule has 0 aromatic carbocycles. The molecule has 1 N–H and O–H groups in total. The lowest BCUT2D eigenvalue weighted by molar-refractivity contribution is -0.00512. The fourth-order valence-corrected chi connectivity index (χ4v) is 0.781. The molecule has 0 amide bonds. The second-order valence-electron chi connectivity index (χ2n) is 2.41. The summed E-state index contributed by atoms with van der Waals surface area (Å²) in [5, 5.41) is 12.5. The van der Waals surface area contributed by atoms with E-state index in [4.69, 9.17) is 5.11 Å². The molecule has 1 heterocycles. The lowest BCUT2D eigenvalue weighted by Gasteiger charge is -2.07. The van der Waals surface area contributed by atoms with Crippen molar-refractivity contribution in [3.8, 4) is 0 Å². The van der Waals surface area contributed by atoms with Crippen LogP contribution >= 0.6 is 0 Å². The fourth-order valence-electron chi connectivity index (χ4n) is 0.781. The third-order valence-electron chi connectivity index (χ3n) is 1.49. The molecule has 0 bridgehead atoms. The van der Waals surface area contributed by atoms with E-state index in [9.17, 15) is 8.78 Å². The smallest absolute Gasteiger partial charge is 0.264 e. The molecule has 1 rings (SSSR count). The maximum atomic E-state index is 11.8. The van der Waals surface area contributed by atoms with Crippen LogP contribution in [0.5, 0.6) is 0 Å². The van der Waals surface area contributed by atoms with Gasteiger partial charge in [0, 0.05) is 13.5 Å². The summed E-state index contributed by atoms with van der Waals surface area (Å²) < 4.78 is 25.0. The Morgan fingerprint density at radius 1 is 1.67 bits per heavy atom. The van der Waals surface area contributed by atoms with Crippen LogP contribution in [0.1, 0.15) is 5.82 Å². The lowest BCUT2D eigenvalue weighted by atomic mass is 10.2. The van der Waals surface area contributed by atoms with Gasteiger partial charge in [-0.1, -0.05) is 0 Å². The van der Waals surface area contributed by atoms with Gasteiger partial charge in [0.1, 0.15) is 18.3 Å².